The molecule has 45 heavy (non-hydrogen) atoms. The number of nitrogens with zero attached hydrogens (tertiary/aromatic N) is 6. The van der Waals surface area contributed by atoms with Crippen molar-refractivity contribution in [3.8, 4) is 5.75 Å². The van der Waals surface area contributed by atoms with Gasteiger partial charge in [-0.05, 0) is 30.0 Å². The zero-order valence-corrected chi connectivity index (χ0v) is 26.0. The lowest BCUT2D eigenvalue weighted by Crippen LogP contribution is -2.56. The van der Waals surface area contributed by atoms with Crippen molar-refractivity contribution in [3.63, 3.8) is 0 Å². The van der Waals surface area contributed by atoms with Crippen molar-refractivity contribution in [1.82, 2.24) is 24.8 Å². The van der Waals surface area contributed by atoms with E-state index in [0.29, 0.717) is 92.9 Å². The number of fused-ring (bicyclic) bond motifs is 1. The van der Waals surface area contributed by atoms with Crippen LogP contribution in [-0.2, 0) is 29.1 Å². The quantitative estimate of drug-likeness (QED) is 0.281. The van der Waals surface area contributed by atoms with Crippen LogP contribution in [0.3, 0.4) is 0 Å². The Hall–Kier alpha value is -3.78. The van der Waals surface area contributed by atoms with Gasteiger partial charge in [0.15, 0.2) is 17.9 Å². The Kier molecular flexibility index (Phi) is 9.79. The number of hydrogen-bond acceptors (Lipinski definition) is 12. The number of morpholine rings is 1. The fourth-order valence-corrected chi connectivity index (χ4v) is 6.12. The Balaban J connectivity index is 1.03. The number of aliphatic hydroxyl groups excluding tert-OH is 1. The number of carbonyl (C=O) groups is 2. The van der Waals surface area contributed by atoms with E-state index in [9.17, 15) is 14.7 Å². The van der Waals surface area contributed by atoms with Crippen LogP contribution in [0, 0.1) is 0 Å². The van der Waals surface area contributed by atoms with E-state index in [-0.39, 0.29) is 30.8 Å². The number of aromatic nitrogens is 3. The molecule has 1 amide bonds. The van der Waals surface area contributed by atoms with Crippen molar-refractivity contribution < 1.29 is 28.6 Å². The summed E-state index contributed by atoms with van der Waals surface area (Å²) in [4.78, 5) is 44.0. The Morgan fingerprint density at radius 1 is 1.20 bits per heavy atom. The Morgan fingerprint density at radius 2 is 2.02 bits per heavy atom. The molecule has 2 aromatic heterocycles. The predicted molar refractivity (Wildman–Crippen MR) is 166 cm³/mol. The third kappa shape index (κ3) is 7.72. The number of ketones is 1. The lowest BCUT2D eigenvalue weighted by Gasteiger charge is -2.39. The number of hydrogen-bond donors (Lipinski definition) is 2. The number of likely N-dealkylation sites (tertiary alicyclic amines) is 1. The number of β-amino-alcohol motifs (C(OH)–C–C–N with tert-alkyl or cyclic N) is 1. The molecule has 0 bridgehead atoms. The molecule has 2 fully saturated rings. The van der Waals surface area contributed by atoms with E-state index in [2.05, 4.69) is 25.2 Å². The van der Waals surface area contributed by atoms with Gasteiger partial charge in [0.05, 0.1) is 36.6 Å². The van der Waals surface area contributed by atoms with Gasteiger partial charge in [0.2, 0.25) is 11.9 Å². The number of halogens is 1. The van der Waals surface area contributed by atoms with Crippen LogP contribution in [-0.4, -0.2) is 106 Å². The van der Waals surface area contributed by atoms with E-state index in [4.69, 9.17) is 25.5 Å². The molecule has 0 unspecified atom stereocenters. The molecule has 0 spiro atoms. The maximum Gasteiger partial charge on any atom is 0.228 e. The molecule has 1 atom stereocenters. The minimum absolute atomic E-state index is 0.0376. The first-order valence-corrected chi connectivity index (χ1v) is 15.7. The van der Waals surface area contributed by atoms with E-state index < -0.39 is 6.10 Å². The molecule has 14 heteroatoms. The molecule has 3 aliphatic rings. The fraction of sp³-hybridized carbons (Fsp3) is 0.516. The number of nitrogens with one attached hydrogen (secondary N) is 1. The molecule has 6 rings (SSSR count). The average molecular weight is 640 g/mol. The highest BCUT2D eigenvalue weighted by atomic mass is 35.5. The molecular formula is C31H38ClN7O6. The lowest BCUT2D eigenvalue weighted by molar-refractivity contribution is -0.132. The highest BCUT2D eigenvalue weighted by Gasteiger charge is 2.30. The van der Waals surface area contributed by atoms with Crippen LogP contribution in [0.1, 0.15) is 47.1 Å². The zero-order valence-electron chi connectivity index (χ0n) is 25.3. The molecule has 5 heterocycles. The van der Waals surface area contributed by atoms with Gasteiger partial charge in [0, 0.05) is 65.2 Å². The van der Waals surface area contributed by atoms with Crippen molar-refractivity contribution >= 4 is 35.1 Å². The number of carbonyl (C=O) groups excluding carboxylic acids is 2. The van der Waals surface area contributed by atoms with Gasteiger partial charge in [0.25, 0.3) is 0 Å². The third-order valence-corrected chi connectivity index (χ3v) is 8.79. The zero-order chi connectivity index (χ0) is 31.3. The van der Waals surface area contributed by atoms with E-state index >= 15 is 0 Å². The second kappa shape index (κ2) is 14.1. The van der Waals surface area contributed by atoms with Gasteiger partial charge >= 0.3 is 0 Å². The maximum absolute atomic E-state index is 13.3. The van der Waals surface area contributed by atoms with Gasteiger partial charge in [0.1, 0.15) is 23.9 Å². The summed E-state index contributed by atoms with van der Waals surface area (Å²) in [6, 6.07) is 5.60. The van der Waals surface area contributed by atoms with Crippen LogP contribution in [0.15, 0.2) is 35.2 Å². The fourth-order valence-electron chi connectivity index (χ4n) is 5.78. The van der Waals surface area contributed by atoms with Crippen molar-refractivity contribution in [2.75, 3.05) is 62.7 Å². The molecule has 2 N–H and O–H groups in total. The number of oxazole rings is 1. The first kappa shape index (κ1) is 31.2. The van der Waals surface area contributed by atoms with Gasteiger partial charge in [-0.3, -0.25) is 14.5 Å². The molecule has 1 aromatic carbocycles. The van der Waals surface area contributed by atoms with Crippen LogP contribution in [0.4, 0.5) is 11.8 Å². The normalized spacial score (nSPS) is 17.8. The van der Waals surface area contributed by atoms with Gasteiger partial charge in [-0.25, -0.2) is 9.97 Å². The summed E-state index contributed by atoms with van der Waals surface area (Å²) in [6.45, 7) is 7.21. The van der Waals surface area contributed by atoms with Gasteiger partial charge < -0.3 is 34.1 Å². The minimum Gasteiger partial charge on any atom is -0.484 e. The molecule has 2 saturated heterocycles. The second-order valence-corrected chi connectivity index (χ2v) is 12.1. The molecule has 3 aliphatic heterocycles. The number of amides is 1. The summed E-state index contributed by atoms with van der Waals surface area (Å²) >= 11 is 6.68. The minimum atomic E-state index is -0.679. The summed E-state index contributed by atoms with van der Waals surface area (Å²) in [7, 11) is 0. The number of Topliss-reactive ketones (excluding diaryl/α,β-unsaturated/α-hetero) is 1. The summed E-state index contributed by atoms with van der Waals surface area (Å²) in [5.41, 5.74) is 2.45. The molecule has 240 valence electrons. The molecule has 0 saturated carbocycles. The van der Waals surface area contributed by atoms with E-state index in [0.717, 1.165) is 24.1 Å². The largest absolute Gasteiger partial charge is 0.484 e. The first-order valence-electron chi connectivity index (χ1n) is 15.3. The van der Waals surface area contributed by atoms with Crippen molar-refractivity contribution in [3.05, 3.63) is 58.4 Å². The molecule has 0 aliphatic carbocycles. The van der Waals surface area contributed by atoms with Crippen molar-refractivity contribution in [2.45, 2.75) is 51.5 Å². The van der Waals surface area contributed by atoms with Crippen LogP contribution in [0.25, 0.3) is 0 Å². The Bertz CT molecular complexity index is 1490. The summed E-state index contributed by atoms with van der Waals surface area (Å²) in [5, 5.41) is 14.8. The number of aliphatic hydroxyl groups is 1. The second-order valence-electron chi connectivity index (χ2n) is 11.7. The van der Waals surface area contributed by atoms with E-state index in [1.54, 1.807) is 24.1 Å². The third-order valence-electron chi connectivity index (χ3n) is 8.38. The molecule has 3 aromatic rings. The van der Waals surface area contributed by atoms with Crippen LogP contribution >= 0.6 is 11.6 Å². The van der Waals surface area contributed by atoms with Crippen LogP contribution in [0.2, 0.25) is 5.02 Å². The molecule has 0 radical (unpaired) electrons. The van der Waals surface area contributed by atoms with E-state index in [1.165, 1.54) is 6.39 Å². The van der Waals surface area contributed by atoms with Gasteiger partial charge in [-0.2, -0.15) is 4.98 Å². The number of ether oxygens (including phenoxy) is 2. The van der Waals surface area contributed by atoms with Crippen LogP contribution in [0.5, 0.6) is 5.75 Å². The predicted octanol–water partition coefficient (Wildman–Crippen LogP) is 2.56. The summed E-state index contributed by atoms with van der Waals surface area (Å²) < 4.78 is 16.5. The average Bonchev–Trinajstić information content (AvgIpc) is 3.55. The molecular weight excluding hydrogens is 602 g/mol. The molecule has 13 nitrogen and oxygen atoms in total. The van der Waals surface area contributed by atoms with Crippen LogP contribution < -0.4 is 15.0 Å². The highest BCUT2D eigenvalue weighted by molar-refractivity contribution is 6.33. The standard InChI is InChI=1S/C31H38ClN7O6/c1-20(40)39-15-22(16-39)34-29-12-26(35-31(36-29)38-8-10-43-11-9-38)27(42)4-3-23(41)17-37-7-6-25-21(14-37)2-5-28(30(25)32)44-18-24-13-33-19-45-24/h2,5,12-13,19,22-23,41H,3-4,6-11,14-18H2,1H3,(H,34,35,36)/t23-/m0/s1. The highest BCUT2D eigenvalue weighted by Crippen LogP contribution is 2.34. The van der Waals surface area contributed by atoms with Crippen molar-refractivity contribution in [2.24, 2.45) is 0 Å². The van der Waals surface area contributed by atoms with Gasteiger partial charge in [-0.15, -0.1) is 0 Å². The number of rotatable bonds is 12. The van der Waals surface area contributed by atoms with Crippen molar-refractivity contribution in [1.29, 1.82) is 0 Å². The topological polar surface area (TPSA) is 146 Å². The monoisotopic (exact) mass is 639 g/mol. The summed E-state index contributed by atoms with van der Waals surface area (Å²) in [5.74, 6) is 2.14. The number of benzene rings is 1. The summed E-state index contributed by atoms with van der Waals surface area (Å²) in [6.07, 6.45) is 3.49. The van der Waals surface area contributed by atoms with Gasteiger partial charge in [-0.1, -0.05) is 17.7 Å². The Morgan fingerprint density at radius 3 is 2.78 bits per heavy atom. The van der Waals surface area contributed by atoms with E-state index in [1.807, 2.05) is 17.0 Å². The first-order chi connectivity index (χ1) is 21.8. The SMILES string of the molecule is CC(=O)N1CC(Nc2cc(C(=O)CC[C@H](O)CN3CCc4c(ccc(OCc5cnco5)c4Cl)C3)nc(N3CCOCC3)n2)C1. The Labute approximate surface area is 266 Å². The lowest BCUT2D eigenvalue weighted by atomic mass is 9.98. The number of anilines is 2. The maximum atomic E-state index is 13.3. The smallest absolute Gasteiger partial charge is 0.228 e.